The van der Waals surface area contributed by atoms with Crippen molar-refractivity contribution in [2.24, 2.45) is 11.7 Å². The van der Waals surface area contributed by atoms with Gasteiger partial charge in [-0.3, -0.25) is 9.52 Å². The number of hydrogen-bond donors (Lipinski definition) is 2. The molecule has 1 amide bonds. The third-order valence-corrected chi connectivity index (χ3v) is 8.37. The number of sulfonamides is 1. The van der Waals surface area contributed by atoms with Crippen molar-refractivity contribution in [1.29, 1.82) is 0 Å². The first-order chi connectivity index (χ1) is 17.6. The van der Waals surface area contributed by atoms with E-state index in [1.807, 2.05) is 0 Å². The molecule has 2 unspecified atom stereocenters. The number of nitrogens with zero attached hydrogens (tertiary/aromatic N) is 1. The maximum absolute atomic E-state index is 13.6. The highest BCUT2D eigenvalue weighted by molar-refractivity contribution is 7.92. The molecule has 0 bridgehead atoms. The summed E-state index contributed by atoms with van der Waals surface area (Å²) in [4.78, 5) is 25.9. The normalized spacial score (nSPS) is 20.0. The monoisotopic (exact) mass is 533 g/mol. The molecule has 11 heteroatoms. The lowest BCUT2D eigenvalue weighted by Crippen LogP contribution is -2.22. The van der Waals surface area contributed by atoms with E-state index in [9.17, 15) is 22.4 Å². The quantitative estimate of drug-likeness (QED) is 0.524. The van der Waals surface area contributed by atoms with Crippen molar-refractivity contribution in [3.05, 3.63) is 52.8 Å². The van der Waals surface area contributed by atoms with Crippen molar-refractivity contribution >= 4 is 27.6 Å². The van der Waals surface area contributed by atoms with Crippen LogP contribution in [0.4, 0.5) is 10.1 Å². The number of nitrogens with one attached hydrogen (secondary N) is 1. The average molecular weight is 534 g/mol. The zero-order valence-corrected chi connectivity index (χ0v) is 21.8. The van der Waals surface area contributed by atoms with E-state index in [2.05, 4.69) is 16.5 Å². The number of ether oxygens (including phenoxy) is 2. The number of halogens is 1. The van der Waals surface area contributed by atoms with Crippen LogP contribution in [-0.4, -0.2) is 58.5 Å². The van der Waals surface area contributed by atoms with Gasteiger partial charge in [-0.2, -0.15) is 0 Å². The molecule has 3 N–H and O–H groups in total. The first-order valence-electron chi connectivity index (χ1n) is 12.3. The number of amides is 1. The number of rotatable bonds is 7. The summed E-state index contributed by atoms with van der Waals surface area (Å²) in [6.45, 7) is 6.61. The summed E-state index contributed by atoms with van der Waals surface area (Å²) in [5.41, 5.74) is 5.85. The number of benzene rings is 2. The molecule has 2 aliphatic heterocycles. The maximum atomic E-state index is 13.6. The van der Waals surface area contributed by atoms with Crippen molar-refractivity contribution < 1.29 is 31.9 Å². The molecule has 0 radical (unpaired) electrons. The molecular weight excluding hydrogens is 501 g/mol. The van der Waals surface area contributed by atoms with Gasteiger partial charge in [0.25, 0.3) is 10.0 Å². The van der Waals surface area contributed by atoms with E-state index in [0.29, 0.717) is 18.3 Å². The molecule has 2 atom stereocenters. The lowest BCUT2D eigenvalue weighted by Gasteiger charge is -2.22. The summed E-state index contributed by atoms with van der Waals surface area (Å²) < 4.78 is 52.6. The van der Waals surface area contributed by atoms with Crippen molar-refractivity contribution in [1.82, 2.24) is 4.90 Å². The Hall–Kier alpha value is -3.18. The molecule has 5 rings (SSSR count). The highest BCUT2D eigenvalue weighted by Gasteiger charge is 2.45. The second-order valence-corrected chi connectivity index (χ2v) is 11.1. The van der Waals surface area contributed by atoms with Crippen LogP contribution in [0.5, 0.6) is 5.75 Å². The highest BCUT2D eigenvalue weighted by atomic mass is 32.2. The van der Waals surface area contributed by atoms with E-state index in [4.69, 9.17) is 15.2 Å². The molecule has 1 saturated heterocycles. The molecule has 37 heavy (non-hydrogen) atoms. The van der Waals surface area contributed by atoms with E-state index >= 15 is 0 Å². The smallest absolute Gasteiger partial charge is 0.343 e. The van der Waals surface area contributed by atoms with Gasteiger partial charge >= 0.3 is 5.97 Å². The molecule has 2 heterocycles. The Morgan fingerprint density at radius 2 is 1.95 bits per heavy atom. The standard InChI is InChI=1S/C20H19FN2O6S.C6H13N/c1-28-20(25)18-15(4-3-13-14-7-11(14)9-29-19(13)18)23-30(26,27)16-5-2-12(21)6-10(16)8-17(22)24;1-2-7-5-3-4-6-7/h2-6,11,14,23H,7-9H2,1H3,(H2,22,24);2-6H2,1H3. The molecule has 9 nitrogen and oxygen atoms in total. The number of fused-ring (bicyclic) bond motifs is 3. The van der Waals surface area contributed by atoms with Gasteiger partial charge in [0.05, 0.1) is 30.7 Å². The highest BCUT2D eigenvalue weighted by Crippen LogP contribution is 2.55. The Morgan fingerprint density at radius 1 is 1.22 bits per heavy atom. The fourth-order valence-corrected chi connectivity index (χ4v) is 6.17. The van der Waals surface area contributed by atoms with Gasteiger partial charge in [0.1, 0.15) is 17.1 Å². The van der Waals surface area contributed by atoms with Crippen LogP contribution < -0.4 is 15.2 Å². The number of hydrogen-bond acceptors (Lipinski definition) is 7. The number of carbonyl (C=O) groups excluding carboxylic acids is 2. The van der Waals surface area contributed by atoms with Crippen LogP contribution in [0.25, 0.3) is 0 Å². The summed E-state index contributed by atoms with van der Waals surface area (Å²) in [7, 11) is -3.10. The van der Waals surface area contributed by atoms with E-state index in [-0.39, 0.29) is 27.6 Å². The van der Waals surface area contributed by atoms with Crippen molar-refractivity contribution in [2.45, 2.75) is 43.4 Å². The minimum absolute atomic E-state index is 0.0255. The summed E-state index contributed by atoms with van der Waals surface area (Å²) in [6, 6.07) is 6.13. The molecule has 1 saturated carbocycles. The third-order valence-electron chi connectivity index (χ3n) is 6.91. The Bertz CT molecular complexity index is 1290. The number of nitrogens with two attached hydrogens (primary N) is 1. The van der Waals surface area contributed by atoms with Crippen LogP contribution in [0.15, 0.2) is 35.2 Å². The van der Waals surface area contributed by atoms with Crippen molar-refractivity contribution in [2.75, 3.05) is 38.1 Å². The third kappa shape index (κ3) is 6.04. The zero-order valence-electron chi connectivity index (χ0n) is 21.0. The molecule has 2 aromatic rings. The van der Waals surface area contributed by atoms with Gasteiger partial charge in [-0.25, -0.2) is 17.6 Å². The topological polar surface area (TPSA) is 128 Å². The van der Waals surface area contributed by atoms with Crippen molar-refractivity contribution in [3.63, 3.8) is 0 Å². The zero-order chi connectivity index (χ0) is 26.7. The minimum atomic E-state index is -4.29. The average Bonchev–Trinajstić information content (AvgIpc) is 3.46. The van der Waals surface area contributed by atoms with Gasteiger partial charge < -0.3 is 20.1 Å². The van der Waals surface area contributed by atoms with Gasteiger partial charge in [0.2, 0.25) is 5.91 Å². The Balaban J connectivity index is 0.000000396. The van der Waals surface area contributed by atoms with E-state index < -0.39 is 34.1 Å². The first kappa shape index (κ1) is 26.9. The van der Waals surface area contributed by atoms with E-state index in [0.717, 1.165) is 30.2 Å². The number of carbonyl (C=O) groups is 2. The number of likely N-dealkylation sites (tertiary alicyclic amines) is 1. The molecule has 1 aliphatic carbocycles. The van der Waals surface area contributed by atoms with Gasteiger partial charge in [-0.1, -0.05) is 13.0 Å². The number of primary amides is 1. The number of anilines is 1. The lowest BCUT2D eigenvalue weighted by atomic mass is 10.0. The van der Waals surface area contributed by atoms with Crippen LogP contribution in [0.2, 0.25) is 0 Å². The van der Waals surface area contributed by atoms with Gasteiger partial charge in [-0.15, -0.1) is 0 Å². The maximum Gasteiger partial charge on any atom is 0.343 e. The predicted molar refractivity (Wildman–Crippen MR) is 136 cm³/mol. The van der Waals surface area contributed by atoms with Gasteiger partial charge in [-0.05, 0) is 80.2 Å². The number of esters is 1. The fraction of sp³-hybridized carbons (Fsp3) is 0.462. The Morgan fingerprint density at radius 3 is 2.57 bits per heavy atom. The molecule has 200 valence electrons. The summed E-state index contributed by atoms with van der Waals surface area (Å²) in [5.74, 6) is -1.28. The minimum Gasteiger partial charge on any atom is -0.492 e. The summed E-state index contributed by atoms with van der Waals surface area (Å²) in [6.07, 6.45) is 3.33. The molecule has 0 spiro atoms. The van der Waals surface area contributed by atoms with E-state index in [1.165, 1.54) is 45.7 Å². The fourth-order valence-electron chi connectivity index (χ4n) is 4.87. The second-order valence-electron chi connectivity index (χ2n) is 9.45. The van der Waals surface area contributed by atoms with Gasteiger partial charge in [0.15, 0.2) is 0 Å². The van der Waals surface area contributed by atoms with Crippen LogP contribution in [0.1, 0.15) is 53.6 Å². The van der Waals surface area contributed by atoms with Crippen molar-refractivity contribution in [3.8, 4) is 5.75 Å². The molecule has 3 aliphatic rings. The molecule has 2 aromatic carbocycles. The molecule has 0 aromatic heterocycles. The SMILES string of the molecule is CCN1CCCC1.COC(=O)c1c(NS(=O)(=O)c2ccc(F)cc2CC(N)=O)ccc2c1OCC1CC21. The molecular formula is C26H32FN3O6S. The Kier molecular flexibility index (Phi) is 8.03. The second kappa shape index (κ2) is 11.1. The largest absolute Gasteiger partial charge is 0.492 e. The first-order valence-corrected chi connectivity index (χ1v) is 13.8. The summed E-state index contributed by atoms with van der Waals surface area (Å²) in [5, 5.41) is 0. The van der Waals surface area contributed by atoms with Crippen LogP contribution in [0.3, 0.4) is 0 Å². The summed E-state index contributed by atoms with van der Waals surface area (Å²) >= 11 is 0. The predicted octanol–water partition coefficient (Wildman–Crippen LogP) is 3.04. The van der Waals surface area contributed by atoms with Gasteiger partial charge in [0, 0.05) is 5.92 Å². The molecule has 2 fully saturated rings. The van der Waals surface area contributed by atoms with Crippen LogP contribution >= 0.6 is 0 Å². The van der Waals surface area contributed by atoms with Crippen LogP contribution in [-0.2, 0) is 26.0 Å². The number of methoxy groups -OCH3 is 1. The van der Waals surface area contributed by atoms with E-state index in [1.54, 1.807) is 6.07 Å². The van der Waals surface area contributed by atoms with Crippen LogP contribution in [0, 0.1) is 11.7 Å². The Labute approximate surface area is 216 Å². The lowest BCUT2D eigenvalue weighted by molar-refractivity contribution is -0.117.